The molecule has 2 saturated heterocycles. The number of piperidine rings is 2. The van der Waals surface area contributed by atoms with Gasteiger partial charge in [0.15, 0.2) is 0 Å². The van der Waals surface area contributed by atoms with Gasteiger partial charge in [-0.2, -0.15) is 0 Å². The Balaban J connectivity index is 0.00000267. The second kappa shape index (κ2) is 9.91. The molecule has 2 N–H and O–H groups in total. The molecule has 3 aromatic rings. The van der Waals surface area contributed by atoms with Crippen LogP contribution in [0.25, 0.3) is 10.9 Å². The van der Waals surface area contributed by atoms with Gasteiger partial charge >= 0.3 is 0 Å². The maximum Gasteiger partial charge on any atom is 0.268 e. The number of benzene rings is 2. The number of fused-ring (bicyclic) bond motifs is 1. The van der Waals surface area contributed by atoms with E-state index in [4.69, 9.17) is 0 Å². The van der Waals surface area contributed by atoms with Crippen LogP contribution in [0.1, 0.15) is 61.4 Å². The highest BCUT2D eigenvalue weighted by Gasteiger charge is 2.49. The van der Waals surface area contributed by atoms with Gasteiger partial charge < -0.3 is 15.0 Å². The molecule has 36 heavy (non-hydrogen) atoms. The quantitative estimate of drug-likeness (QED) is 0.497. The van der Waals surface area contributed by atoms with Crippen molar-refractivity contribution >= 4 is 29.2 Å². The van der Waals surface area contributed by atoms with Crippen molar-refractivity contribution in [3.05, 3.63) is 76.1 Å². The van der Waals surface area contributed by atoms with Crippen molar-refractivity contribution in [1.29, 1.82) is 0 Å². The summed E-state index contributed by atoms with van der Waals surface area (Å²) in [4.78, 5) is 29.8. The zero-order valence-corrected chi connectivity index (χ0v) is 21.4. The summed E-state index contributed by atoms with van der Waals surface area (Å²) in [7, 11) is 0. The van der Waals surface area contributed by atoms with Crippen LogP contribution in [-0.4, -0.2) is 38.7 Å². The number of carbonyl (C=O) groups is 1. The van der Waals surface area contributed by atoms with Crippen LogP contribution in [0.15, 0.2) is 59.4 Å². The number of para-hydroxylation sites is 1. The fraction of sp³-hybridized carbons (Fsp3) is 0.448. The summed E-state index contributed by atoms with van der Waals surface area (Å²) in [5.74, 6) is 0.941. The Morgan fingerprint density at radius 1 is 0.972 bits per heavy atom. The van der Waals surface area contributed by atoms with E-state index in [-0.39, 0.29) is 29.9 Å². The number of hydrogen-bond donors (Lipinski definition) is 2. The number of nitrogens with one attached hydrogen (secondary N) is 1. The summed E-state index contributed by atoms with van der Waals surface area (Å²) < 4.78 is 1.60. The van der Waals surface area contributed by atoms with Crippen LogP contribution in [0.2, 0.25) is 0 Å². The molecular weight excluding hydrogens is 474 g/mol. The van der Waals surface area contributed by atoms with E-state index in [1.54, 1.807) is 10.6 Å². The highest BCUT2D eigenvalue weighted by molar-refractivity contribution is 6.02. The molecule has 7 rings (SSSR count). The highest BCUT2D eigenvalue weighted by Crippen LogP contribution is 2.49. The smallest absolute Gasteiger partial charge is 0.268 e. The molecule has 6 nitrogen and oxygen atoms in total. The van der Waals surface area contributed by atoms with Crippen LogP contribution in [0.5, 0.6) is 5.75 Å². The monoisotopic (exact) mass is 507 g/mol. The summed E-state index contributed by atoms with van der Waals surface area (Å²) in [5, 5.41) is 14.8. The normalized spacial score (nSPS) is 25.5. The van der Waals surface area contributed by atoms with Crippen molar-refractivity contribution in [3.63, 3.8) is 0 Å². The molecule has 2 aliphatic carbocycles. The lowest BCUT2D eigenvalue weighted by Gasteiger charge is -2.58. The second-order valence-electron chi connectivity index (χ2n) is 10.7. The first-order chi connectivity index (χ1) is 17.0. The van der Waals surface area contributed by atoms with E-state index in [1.807, 2.05) is 48.5 Å². The standard InChI is InChI=1S/C29H33N3O3.ClH/c1-2-25(32-21-13-19-12-20(15-21)16-22(32)14-19)30-28(34)26-27(33)23-10-6-7-11-24(23)31(29(26)35)17-18-8-4-3-5-9-18;/h3-11,19-22,25,33H,2,12-17H2,1H3,(H,30,34);1H. The Bertz CT molecular complexity index is 1290. The number of nitrogens with zero attached hydrogens (tertiary/aromatic N) is 2. The van der Waals surface area contributed by atoms with Crippen LogP contribution in [0.3, 0.4) is 0 Å². The van der Waals surface area contributed by atoms with Gasteiger partial charge in [0.2, 0.25) is 0 Å². The Morgan fingerprint density at radius 3 is 2.22 bits per heavy atom. The minimum Gasteiger partial charge on any atom is -0.506 e. The third-order valence-electron chi connectivity index (χ3n) is 8.53. The van der Waals surface area contributed by atoms with E-state index in [9.17, 15) is 14.7 Å². The summed E-state index contributed by atoms with van der Waals surface area (Å²) in [6.07, 6.45) is 6.85. The van der Waals surface area contributed by atoms with Crippen molar-refractivity contribution in [3.8, 4) is 5.75 Å². The van der Waals surface area contributed by atoms with Crippen LogP contribution in [0.4, 0.5) is 0 Å². The number of carbonyl (C=O) groups excluding carboxylic acids is 1. The average Bonchev–Trinajstić information content (AvgIpc) is 2.86. The topological polar surface area (TPSA) is 74.6 Å². The second-order valence-corrected chi connectivity index (χ2v) is 10.7. The molecule has 1 aromatic heterocycles. The average molecular weight is 508 g/mol. The van der Waals surface area contributed by atoms with Crippen molar-refractivity contribution in [2.24, 2.45) is 11.8 Å². The predicted molar refractivity (Wildman–Crippen MR) is 144 cm³/mol. The minimum absolute atomic E-state index is 0. The maximum absolute atomic E-state index is 13.7. The summed E-state index contributed by atoms with van der Waals surface area (Å²) in [6.45, 7) is 2.42. The SMILES string of the molecule is CCC(NC(=O)c1c(O)c2ccccc2n(Cc2ccccc2)c1=O)N1C2CC3CC(C2)CC1C3.Cl. The third-order valence-corrected chi connectivity index (χ3v) is 8.53. The van der Waals surface area contributed by atoms with Gasteiger partial charge in [-0.25, -0.2) is 0 Å². The molecule has 0 spiro atoms. The molecule has 4 bridgehead atoms. The largest absolute Gasteiger partial charge is 0.506 e. The number of rotatable bonds is 6. The lowest BCUT2D eigenvalue weighted by atomic mass is 9.63. The number of aromatic hydroxyl groups is 1. The number of aromatic nitrogens is 1. The van der Waals surface area contributed by atoms with E-state index in [0.29, 0.717) is 29.5 Å². The molecule has 2 aliphatic heterocycles. The van der Waals surface area contributed by atoms with Gasteiger partial charge in [-0.1, -0.05) is 49.4 Å². The van der Waals surface area contributed by atoms with Gasteiger partial charge in [0.1, 0.15) is 11.3 Å². The van der Waals surface area contributed by atoms with E-state index < -0.39 is 11.5 Å². The number of amides is 1. The number of hydrogen-bond acceptors (Lipinski definition) is 4. The van der Waals surface area contributed by atoms with Crippen molar-refractivity contribution < 1.29 is 9.90 Å². The van der Waals surface area contributed by atoms with E-state index in [2.05, 4.69) is 17.1 Å². The van der Waals surface area contributed by atoms with Crippen LogP contribution in [-0.2, 0) is 6.54 Å². The van der Waals surface area contributed by atoms with Crippen LogP contribution < -0.4 is 10.9 Å². The van der Waals surface area contributed by atoms with Crippen LogP contribution >= 0.6 is 12.4 Å². The number of pyridine rings is 1. The Kier molecular flexibility index (Phi) is 6.84. The minimum atomic E-state index is -0.485. The summed E-state index contributed by atoms with van der Waals surface area (Å²) in [6, 6.07) is 18.0. The number of halogens is 1. The molecule has 4 fully saturated rings. The fourth-order valence-corrected chi connectivity index (χ4v) is 7.20. The summed E-state index contributed by atoms with van der Waals surface area (Å²) in [5.41, 5.74) is 0.954. The molecule has 3 heterocycles. The van der Waals surface area contributed by atoms with Gasteiger partial charge in [0, 0.05) is 17.5 Å². The molecule has 7 heteroatoms. The van der Waals surface area contributed by atoms with Gasteiger partial charge in [-0.3, -0.25) is 14.5 Å². The zero-order chi connectivity index (χ0) is 24.1. The first-order valence-corrected chi connectivity index (χ1v) is 13.0. The molecule has 0 radical (unpaired) electrons. The van der Waals surface area contributed by atoms with E-state index in [1.165, 1.54) is 32.1 Å². The molecule has 2 saturated carbocycles. The molecule has 1 unspecified atom stereocenters. The molecule has 4 aliphatic rings. The van der Waals surface area contributed by atoms with Crippen molar-refractivity contribution in [1.82, 2.24) is 14.8 Å². The molecule has 190 valence electrons. The zero-order valence-electron chi connectivity index (χ0n) is 20.6. The van der Waals surface area contributed by atoms with Crippen molar-refractivity contribution in [2.45, 2.75) is 70.2 Å². The summed E-state index contributed by atoms with van der Waals surface area (Å²) >= 11 is 0. The van der Waals surface area contributed by atoms with E-state index >= 15 is 0 Å². The molecule has 1 atom stereocenters. The van der Waals surface area contributed by atoms with E-state index in [0.717, 1.165) is 23.8 Å². The maximum atomic E-state index is 13.7. The fourth-order valence-electron chi connectivity index (χ4n) is 7.20. The Labute approximate surface area is 217 Å². The van der Waals surface area contributed by atoms with Gasteiger partial charge in [-0.05, 0) is 68.1 Å². The van der Waals surface area contributed by atoms with Gasteiger partial charge in [0.05, 0.1) is 18.2 Å². The molecule has 2 aromatic carbocycles. The van der Waals surface area contributed by atoms with Crippen LogP contribution in [0, 0.1) is 11.8 Å². The first kappa shape index (κ1) is 24.8. The predicted octanol–water partition coefficient (Wildman–Crippen LogP) is 4.91. The lowest BCUT2D eigenvalue weighted by Crippen LogP contribution is -2.64. The van der Waals surface area contributed by atoms with Gasteiger partial charge in [0.25, 0.3) is 11.5 Å². The van der Waals surface area contributed by atoms with Crippen molar-refractivity contribution in [2.75, 3.05) is 0 Å². The van der Waals surface area contributed by atoms with Gasteiger partial charge in [-0.15, -0.1) is 12.4 Å². The lowest BCUT2D eigenvalue weighted by molar-refractivity contribution is -0.0875. The molecular formula is C29H34ClN3O3. The molecule has 1 amide bonds. The Hall–Kier alpha value is -2.83. The third kappa shape index (κ3) is 4.20. The highest BCUT2D eigenvalue weighted by atomic mass is 35.5. The Morgan fingerprint density at radius 2 is 1.58 bits per heavy atom. The first-order valence-electron chi connectivity index (χ1n) is 13.0.